The van der Waals surface area contributed by atoms with Crippen LogP contribution in [0.5, 0.6) is 0 Å². The lowest BCUT2D eigenvalue weighted by Crippen LogP contribution is -2.15. The second-order valence-corrected chi connectivity index (χ2v) is 5.22. The third-order valence-corrected chi connectivity index (χ3v) is 3.42. The molecule has 1 heterocycles. The lowest BCUT2D eigenvalue weighted by molar-refractivity contribution is 0.102. The summed E-state index contributed by atoms with van der Waals surface area (Å²) in [5.41, 5.74) is 6.61. The number of pyridine rings is 1. The van der Waals surface area contributed by atoms with Gasteiger partial charge in [-0.3, -0.25) is 4.79 Å². The minimum atomic E-state index is -0.425. The number of benzene rings is 1. The van der Waals surface area contributed by atoms with Crippen molar-refractivity contribution in [3.63, 3.8) is 0 Å². The number of halogens is 3. The second kappa shape index (κ2) is 5.70. The number of nitrogen functional groups attached to an aromatic ring is 1. The zero-order chi connectivity index (χ0) is 14.0. The standard InChI is InChI=1S/C12H8ClFIN3O/c13-11-4-7(9(16)5-17-11)12(19)18-10-2-1-6(14)3-8(10)15/h1-5H,16H2,(H,18,19). The predicted molar refractivity (Wildman–Crippen MR) is 80.7 cm³/mol. The molecule has 0 spiro atoms. The number of hydrogen-bond acceptors (Lipinski definition) is 3. The Labute approximate surface area is 127 Å². The van der Waals surface area contributed by atoms with E-state index in [1.165, 1.54) is 30.5 Å². The molecule has 0 aliphatic heterocycles. The van der Waals surface area contributed by atoms with E-state index in [1.54, 1.807) is 0 Å². The van der Waals surface area contributed by atoms with E-state index < -0.39 is 5.91 Å². The molecule has 7 heteroatoms. The molecule has 0 atom stereocenters. The summed E-state index contributed by atoms with van der Waals surface area (Å²) in [4.78, 5) is 15.8. The molecular formula is C12H8ClFIN3O. The highest BCUT2D eigenvalue weighted by molar-refractivity contribution is 14.1. The average molecular weight is 392 g/mol. The Morgan fingerprint density at radius 1 is 1.42 bits per heavy atom. The van der Waals surface area contributed by atoms with Crippen molar-refractivity contribution in [1.29, 1.82) is 0 Å². The van der Waals surface area contributed by atoms with Crippen molar-refractivity contribution >= 4 is 51.5 Å². The fourth-order valence-corrected chi connectivity index (χ4v) is 2.19. The maximum absolute atomic E-state index is 13.0. The number of anilines is 2. The first-order valence-corrected chi connectivity index (χ1v) is 6.60. The van der Waals surface area contributed by atoms with Crippen molar-refractivity contribution < 1.29 is 9.18 Å². The molecule has 2 rings (SSSR count). The van der Waals surface area contributed by atoms with Crippen molar-refractivity contribution in [2.75, 3.05) is 11.1 Å². The van der Waals surface area contributed by atoms with E-state index >= 15 is 0 Å². The van der Waals surface area contributed by atoms with Crippen molar-refractivity contribution in [2.45, 2.75) is 0 Å². The number of nitrogens with zero attached hydrogens (tertiary/aromatic N) is 1. The smallest absolute Gasteiger partial charge is 0.257 e. The van der Waals surface area contributed by atoms with Crippen molar-refractivity contribution in [3.8, 4) is 0 Å². The Kier molecular flexibility index (Phi) is 4.20. The van der Waals surface area contributed by atoms with E-state index in [-0.39, 0.29) is 22.2 Å². The van der Waals surface area contributed by atoms with Crippen LogP contribution in [-0.2, 0) is 0 Å². The summed E-state index contributed by atoms with van der Waals surface area (Å²) in [7, 11) is 0. The Hall–Kier alpha value is -1.41. The molecule has 0 radical (unpaired) electrons. The lowest BCUT2D eigenvalue weighted by atomic mass is 10.2. The van der Waals surface area contributed by atoms with Gasteiger partial charge in [0.15, 0.2) is 0 Å². The molecule has 0 aliphatic rings. The van der Waals surface area contributed by atoms with E-state index in [0.29, 0.717) is 9.26 Å². The third-order valence-electron chi connectivity index (χ3n) is 2.33. The first-order valence-electron chi connectivity index (χ1n) is 5.15. The molecule has 1 aromatic carbocycles. The molecule has 98 valence electrons. The minimum Gasteiger partial charge on any atom is -0.397 e. The monoisotopic (exact) mass is 391 g/mol. The maximum Gasteiger partial charge on any atom is 0.257 e. The quantitative estimate of drug-likeness (QED) is 0.610. The third kappa shape index (κ3) is 3.32. The predicted octanol–water partition coefficient (Wildman–Crippen LogP) is 3.31. The van der Waals surface area contributed by atoms with Gasteiger partial charge in [0, 0.05) is 3.57 Å². The van der Waals surface area contributed by atoms with Crippen LogP contribution in [0.25, 0.3) is 0 Å². The van der Waals surface area contributed by atoms with Gasteiger partial charge in [-0.15, -0.1) is 0 Å². The van der Waals surface area contributed by atoms with Crippen LogP contribution in [0.15, 0.2) is 30.5 Å². The molecule has 0 saturated heterocycles. The van der Waals surface area contributed by atoms with Crippen LogP contribution >= 0.6 is 34.2 Å². The molecule has 1 amide bonds. The number of carbonyl (C=O) groups excluding carboxylic acids is 1. The summed E-state index contributed by atoms with van der Waals surface area (Å²) in [6.45, 7) is 0. The van der Waals surface area contributed by atoms with Gasteiger partial charge >= 0.3 is 0 Å². The number of amides is 1. The fourth-order valence-electron chi connectivity index (χ4n) is 1.42. The first kappa shape index (κ1) is 14.0. The first-order chi connectivity index (χ1) is 8.97. The molecule has 0 aliphatic carbocycles. The van der Waals surface area contributed by atoms with Gasteiger partial charge in [-0.2, -0.15) is 0 Å². The number of hydrogen-bond donors (Lipinski definition) is 2. The van der Waals surface area contributed by atoms with E-state index in [9.17, 15) is 9.18 Å². The van der Waals surface area contributed by atoms with Crippen LogP contribution in [0.2, 0.25) is 5.15 Å². The molecular weight excluding hydrogens is 384 g/mol. The van der Waals surface area contributed by atoms with Crippen LogP contribution < -0.4 is 11.1 Å². The Balaban J connectivity index is 2.28. The van der Waals surface area contributed by atoms with Crippen molar-refractivity contribution in [3.05, 3.63) is 50.6 Å². The largest absolute Gasteiger partial charge is 0.397 e. The van der Waals surface area contributed by atoms with Crippen LogP contribution in [0.3, 0.4) is 0 Å². The van der Waals surface area contributed by atoms with Crippen LogP contribution in [0, 0.1) is 9.39 Å². The molecule has 4 nitrogen and oxygen atoms in total. The highest BCUT2D eigenvalue weighted by Gasteiger charge is 2.13. The van der Waals surface area contributed by atoms with Gasteiger partial charge in [0.1, 0.15) is 11.0 Å². The molecule has 3 N–H and O–H groups in total. The number of nitrogens with two attached hydrogens (primary N) is 1. The molecule has 1 aromatic heterocycles. The van der Waals surface area contributed by atoms with Gasteiger partial charge in [0.05, 0.1) is 23.1 Å². The average Bonchev–Trinajstić information content (AvgIpc) is 2.35. The summed E-state index contributed by atoms with van der Waals surface area (Å²) in [6.07, 6.45) is 1.31. The second-order valence-electron chi connectivity index (χ2n) is 3.67. The molecule has 0 saturated carbocycles. The topological polar surface area (TPSA) is 68.0 Å². The number of carbonyl (C=O) groups is 1. The summed E-state index contributed by atoms with van der Waals surface area (Å²) < 4.78 is 13.5. The van der Waals surface area contributed by atoms with Crippen molar-refractivity contribution in [2.24, 2.45) is 0 Å². The van der Waals surface area contributed by atoms with Crippen LogP contribution in [-0.4, -0.2) is 10.9 Å². The number of nitrogens with one attached hydrogen (secondary N) is 1. The summed E-state index contributed by atoms with van der Waals surface area (Å²) in [5, 5.41) is 2.82. The van der Waals surface area contributed by atoms with E-state index in [1.807, 2.05) is 22.6 Å². The Morgan fingerprint density at radius 3 is 2.84 bits per heavy atom. The van der Waals surface area contributed by atoms with Gasteiger partial charge in [-0.1, -0.05) is 11.6 Å². The van der Waals surface area contributed by atoms with Crippen LogP contribution in [0.4, 0.5) is 15.8 Å². The zero-order valence-corrected chi connectivity index (χ0v) is 12.4. The van der Waals surface area contributed by atoms with Crippen LogP contribution in [0.1, 0.15) is 10.4 Å². The van der Waals surface area contributed by atoms with E-state index in [2.05, 4.69) is 10.3 Å². The number of rotatable bonds is 2. The maximum atomic E-state index is 13.0. The summed E-state index contributed by atoms with van der Waals surface area (Å²) >= 11 is 7.65. The van der Waals surface area contributed by atoms with Gasteiger partial charge in [0.2, 0.25) is 0 Å². The molecule has 0 unspecified atom stereocenters. The van der Waals surface area contributed by atoms with Gasteiger partial charge in [-0.25, -0.2) is 9.37 Å². The Morgan fingerprint density at radius 2 is 2.16 bits per heavy atom. The molecule has 0 fully saturated rings. The Bertz CT molecular complexity index is 651. The summed E-state index contributed by atoms with van der Waals surface area (Å²) in [5.74, 6) is -0.791. The normalized spacial score (nSPS) is 10.3. The molecule has 19 heavy (non-hydrogen) atoms. The highest BCUT2D eigenvalue weighted by Crippen LogP contribution is 2.21. The fraction of sp³-hybridized carbons (Fsp3) is 0. The van der Waals surface area contributed by atoms with E-state index in [0.717, 1.165) is 0 Å². The SMILES string of the molecule is Nc1cnc(Cl)cc1C(=O)Nc1ccc(F)cc1I. The molecule has 0 bridgehead atoms. The molecule has 2 aromatic rings. The minimum absolute atomic E-state index is 0.174. The van der Waals surface area contributed by atoms with E-state index in [4.69, 9.17) is 17.3 Å². The van der Waals surface area contributed by atoms with Gasteiger partial charge in [-0.05, 0) is 46.9 Å². The lowest BCUT2D eigenvalue weighted by Gasteiger charge is -2.09. The summed E-state index contributed by atoms with van der Waals surface area (Å²) in [6, 6.07) is 5.44. The number of aromatic nitrogens is 1. The highest BCUT2D eigenvalue weighted by atomic mass is 127. The van der Waals surface area contributed by atoms with Gasteiger partial charge in [0.25, 0.3) is 5.91 Å². The van der Waals surface area contributed by atoms with Gasteiger partial charge < -0.3 is 11.1 Å². The zero-order valence-electron chi connectivity index (χ0n) is 9.45. The van der Waals surface area contributed by atoms with Crippen molar-refractivity contribution in [1.82, 2.24) is 4.98 Å².